The van der Waals surface area contributed by atoms with Gasteiger partial charge < -0.3 is 5.32 Å². The normalized spacial score (nSPS) is 11.0. The molecule has 0 unspecified atom stereocenters. The van der Waals surface area contributed by atoms with E-state index in [-0.39, 0.29) is 11.3 Å². The minimum Gasteiger partial charge on any atom is -0.322 e. The first-order valence-corrected chi connectivity index (χ1v) is 9.05. The number of anilines is 1. The van der Waals surface area contributed by atoms with Crippen LogP contribution in [-0.4, -0.2) is 35.3 Å². The summed E-state index contributed by atoms with van der Waals surface area (Å²) < 4.78 is 17.3. The number of carbonyl (C=O) groups is 1. The maximum atomic E-state index is 14.4. The lowest BCUT2D eigenvalue weighted by Gasteiger charge is -2.08. The summed E-state index contributed by atoms with van der Waals surface area (Å²) in [5, 5.41) is 10.9. The lowest BCUT2D eigenvalue weighted by molar-refractivity contribution is 0.102. The van der Waals surface area contributed by atoms with Crippen LogP contribution in [0.4, 0.5) is 10.1 Å². The molecule has 146 valence electrons. The second kappa shape index (κ2) is 7.21. The molecule has 0 saturated carbocycles. The third kappa shape index (κ3) is 3.08. The number of nitrogens with zero attached hydrogens (tertiary/aromatic N) is 6. The van der Waals surface area contributed by atoms with Crippen molar-refractivity contribution in [3.8, 4) is 16.9 Å². The summed E-state index contributed by atoms with van der Waals surface area (Å²) in [5.41, 5.74) is 2.99. The Morgan fingerprint density at radius 2 is 1.90 bits per heavy atom. The van der Waals surface area contributed by atoms with Gasteiger partial charge in [-0.1, -0.05) is 30.3 Å². The Labute approximate surface area is 169 Å². The first kappa shape index (κ1) is 17.7. The molecule has 0 aliphatic carbocycles. The van der Waals surface area contributed by atoms with E-state index in [1.807, 2.05) is 36.4 Å². The largest absolute Gasteiger partial charge is 0.322 e. The van der Waals surface area contributed by atoms with Crippen LogP contribution in [0.1, 0.15) is 10.4 Å². The molecule has 5 rings (SSSR count). The van der Waals surface area contributed by atoms with Gasteiger partial charge in [0, 0.05) is 17.4 Å². The van der Waals surface area contributed by atoms with Crippen molar-refractivity contribution in [2.75, 3.05) is 5.32 Å². The fraction of sp³-hybridized carbons (Fsp3) is 0. The van der Waals surface area contributed by atoms with E-state index in [2.05, 4.69) is 25.5 Å². The Hall–Kier alpha value is -4.40. The molecule has 8 nitrogen and oxygen atoms in total. The molecule has 5 aromatic rings. The van der Waals surface area contributed by atoms with Crippen molar-refractivity contribution in [1.29, 1.82) is 0 Å². The van der Waals surface area contributed by atoms with E-state index in [9.17, 15) is 9.18 Å². The van der Waals surface area contributed by atoms with Crippen molar-refractivity contribution in [3.05, 3.63) is 91.0 Å². The molecule has 1 amide bonds. The fourth-order valence-corrected chi connectivity index (χ4v) is 3.18. The molecule has 3 aromatic heterocycles. The van der Waals surface area contributed by atoms with Crippen LogP contribution in [-0.2, 0) is 0 Å². The Bertz CT molecular complexity index is 1350. The van der Waals surface area contributed by atoms with Gasteiger partial charge in [-0.2, -0.15) is 10.2 Å². The van der Waals surface area contributed by atoms with E-state index in [1.54, 1.807) is 16.8 Å². The van der Waals surface area contributed by atoms with Gasteiger partial charge >= 0.3 is 0 Å². The van der Waals surface area contributed by atoms with Crippen LogP contribution in [0, 0.1) is 5.82 Å². The zero-order valence-corrected chi connectivity index (χ0v) is 15.5. The summed E-state index contributed by atoms with van der Waals surface area (Å²) in [4.78, 5) is 20.9. The van der Waals surface area contributed by atoms with Gasteiger partial charge in [0.25, 0.3) is 5.91 Å². The highest BCUT2D eigenvalue weighted by Gasteiger charge is 2.17. The SMILES string of the molecule is O=C(Nc1ccc(-n2cncn2)c(F)c1)c1cnn2c(-c3ccccc3)ccnc12. The topological polar surface area (TPSA) is 90.0 Å². The average Bonchev–Trinajstić information content (AvgIpc) is 3.44. The highest BCUT2D eigenvalue weighted by molar-refractivity contribution is 6.08. The average molecular weight is 399 g/mol. The number of hydrogen-bond acceptors (Lipinski definition) is 5. The van der Waals surface area contributed by atoms with Crippen molar-refractivity contribution < 1.29 is 9.18 Å². The summed E-state index contributed by atoms with van der Waals surface area (Å²) in [7, 11) is 0. The molecular formula is C21H14FN7O. The summed E-state index contributed by atoms with van der Waals surface area (Å²) in [5.74, 6) is -0.974. The van der Waals surface area contributed by atoms with Crippen LogP contribution in [0.2, 0.25) is 0 Å². The molecule has 3 heterocycles. The predicted molar refractivity (Wildman–Crippen MR) is 108 cm³/mol. The van der Waals surface area contributed by atoms with Crippen LogP contribution in [0.3, 0.4) is 0 Å². The number of amides is 1. The maximum absolute atomic E-state index is 14.4. The van der Waals surface area contributed by atoms with Crippen molar-refractivity contribution in [1.82, 2.24) is 29.4 Å². The minimum absolute atomic E-state index is 0.232. The van der Waals surface area contributed by atoms with Crippen LogP contribution < -0.4 is 5.32 Å². The Morgan fingerprint density at radius 1 is 1.03 bits per heavy atom. The van der Waals surface area contributed by atoms with Gasteiger partial charge in [-0.05, 0) is 24.3 Å². The number of carbonyl (C=O) groups excluding carboxylic acids is 1. The number of halogens is 1. The van der Waals surface area contributed by atoms with Gasteiger partial charge in [0.2, 0.25) is 0 Å². The second-order valence-corrected chi connectivity index (χ2v) is 6.45. The van der Waals surface area contributed by atoms with Crippen molar-refractivity contribution in [2.24, 2.45) is 0 Å². The standard InChI is InChI=1S/C21H14FN7O/c22-17-10-15(6-7-19(17)28-13-23-12-26-28)27-21(30)16-11-25-29-18(8-9-24-20(16)29)14-4-2-1-3-5-14/h1-13H,(H,27,30). The Balaban J connectivity index is 1.45. The quantitative estimate of drug-likeness (QED) is 0.500. The number of aromatic nitrogens is 6. The third-order valence-electron chi connectivity index (χ3n) is 4.59. The molecule has 0 bridgehead atoms. The zero-order chi connectivity index (χ0) is 20.5. The van der Waals surface area contributed by atoms with Gasteiger partial charge in [-0.25, -0.2) is 23.6 Å². The van der Waals surface area contributed by atoms with Crippen molar-refractivity contribution >= 4 is 17.2 Å². The first-order valence-electron chi connectivity index (χ1n) is 9.05. The van der Waals surface area contributed by atoms with Gasteiger partial charge in [0.05, 0.1) is 11.9 Å². The fourth-order valence-electron chi connectivity index (χ4n) is 3.18. The molecule has 0 spiro atoms. The number of nitrogens with one attached hydrogen (secondary N) is 1. The number of hydrogen-bond donors (Lipinski definition) is 1. The summed E-state index contributed by atoms with van der Waals surface area (Å²) in [6, 6.07) is 15.8. The van der Waals surface area contributed by atoms with Crippen LogP contribution in [0.25, 0.3) is 22.6 Å². The molecule has 0 fully saturated rings. The molecule has 0 atom stereocenters. The van der Waals surface area contributed by atoms with Crippen LogP contribution in [0.15, 0.2) is 79.6 Å². The van der Waals surface area contributed by atoms with E-state index in [0.29, 0.717) is 11.3 Å². The van der Waals surface area contributed by atoms with Gasteiger partial charge in [-0.15, -0.1) is 0 Å². The second-order valence-electron chi connectivity index (χ2n) is 6.45. The monoisotopic (exact) mass is 399 g/mol. The van der Waals surface area contributed by atoms with E-state index in [4.69, 9.17) is 0 Å². The van der Waals surface area contributed by atoms with E-state index < -0.39 is 11.7 Å². The van der Waals surface area contributed by atoms with Gasteiger partial charge in [0.1, 0.15) is 23.9 Å². The van der Waals surface area contributed by atoms with E-state index in [0.717, 1.165) is 11.3 Å². The van der Waals surface area contributed by atoms with E-state index >= 15 is 0 Å². The molecule has 0 aliphatic heterocycles. The molecule has 1 N–H and O–H groups in total. The lowest BCUT2D eigenvalue weighted by Crippen LogP contribution is -2.12. The van der Waals surface area contributed by atoms with Gasteiger partial charge in [-0.3, -0.25) is 4.79 Å². The number of benzene rings is 2. The Kier molecular flexibility index (Phi) is 4.25. The minimum atomic E-state index is -0.539. The van der Waals surface area contributed by atoms with Crippen molar-refractivity contribution in [3.63, 3.8) is 0 Å². The van der Waals surface area contributed by atoms with Crippen LogP contribution >= 0.6 is 0 Å². The predicted octanol–water partition coefficient (Wildman–Crippen LogP) is 3.37. The Morgan fingerprint density at radius 3 is 2.67 bits per heavy atom. The molecule has 2 aromatic carbocycles. The molecular weight excluding hydrogens is 385 g/mol. The highest BCUT2D eigenvalue weighted by Crippen LogP contribution is 2.22. The maximum Gasteiger partial charge on any atom is 0.261 e. The lowest BCUT2D eigenvalue weighted by atomic mass is 10.1. The summed E-state index contributed by atoms with van der Waals surface area (Å²) >= 11 is 0. The summed E-state index contributed by atoms with van der Waals surface area (Å²) in [6.07, 6.45) is 5.79. The number of fused-ring (bicyclic) bond motifs is 1. The number of rotatable bonds is 4. The molecule has 30 heavy (non-hydrogen) atoms. The molecule has 0 saturated heterocycles. The molecule has 0 radical (unpaired) electrons. The van der Waals surface area contributed by atoms with Crippen molar-refractivity contribution in [2.45, 2.75) is 0 Å². The zero-order valence-electron chi connectivity index (χ0n) is 15.5. The van der Waals surface area contributed by atoms with Gasteiger partial charge in [0.15, 0.2) is 11.5 Å². The molecule has 9 heteroatoms. The third-order valence-corrected chi connectivity index (χ3v) is 4.59. The van der Waals surface area contributed by atoms with Crippen LogP contribution in [0.5, 0.6) is 0 Å². The smallest absolute Gasteiger partial charge is 0.261 e. The summed E-state index contributed by atoms with van der Waals surface area (Å²) in [6.45, 7) is 0. The molecule has 0 aliphatic rings. The van der Waals surface area contributed by atoms with E-state index in [1.165, 1.54) is 35.7 Å². The highest BCUT2D eigenvalue weighted by atomic mass is 19.1. The first-order chi connectivity index (χ1) is 14.7.